The van der Waals surface area contributed by atoms with Gasteiger partial charge in [0.1, 0.15) is 6.54 Å². The van der Waals surface area contributed by atoms with Gasteiger partial charge in [-0.3, -0.25) is 14.4 Å². The molecule has 2 amide bonds. The van der Waals surface area contributed by atoms with Crippen molar-refractivity contribution < 1.29 is 23.9 Å². The normalized spacial score (nSPS) is 20.0. The van der Waals surface area contributed by atoms with E-state index in [9.17, 15) is 14.4 Å². The Labute approximate surface area is 147 Å². The van der Waals surface area contributed by atoms with E-state index in [0.29, 0.717) is 18.7 Å². The van der Waals surface area contributed by atoms with Gasteiger partial charge in [-0.05, 0) is 32.9 Å². The van der Waals surface area contributed by atoms with Crippen LogP contribution in [0.25, 0.3) is 0 Å². The van der Waals surface area contributed by atoms with Crippen LogP contribution in [0.3, 0.4) is 0 Å². The number of aryl methyl sites for hydroxylation is 1. The van der Waals surface area contributed by atoms with Crippen molar-refractivity contribution in [2.45, 2.75) is 33.0 Å². The van der Waals surface area contributed by atoms with Gasteiger partial charge in [-0.1, -0.05) is 17.7 Å². The molecule has 1 saturated heterocycles. The van der Waals surface area contributed by atoms with E-state index in [1.807, 2.05) is 32.9 Å². The fraction of sp³-hybridized carbons (Fsp3) is 0.500. The van der Waals surface area contributed by atoms with Gasteiger partial charge in [0, 0.05) is 18.7 Å². The largest absolute Gasteiger partial charge is 0.454 e. The molecule has 1 aromatic rings. The molecular formula is C18H24N2O5. The first-order valence-corrected chi connectivity index (χ1v) is 8.29. The lowest BCUT2D eigenvalue weighted by molar-refractivity contribution is -0.156. The minimum atomic E-state index is -0.650. The highest BCUT2D eigenvalue weighted by atomic mass is 16.5. The summed E-state index contributed by atoms with van der Waals surface area (Å²) in [6.45, 7) is 6.04. The first-order valence-electron chi connectivity index (χ1n) is 8.29. The summed E-state index contributed by atoms with van der Waals surface area (Å²) >= 11 is 0. The summed E-state index contributed by atoms with van der Waals surface area (Å²) < 4.78 is 10.5. The molecule has 2 rings (SSSR count). The molecule has 1 heterocycles. The number of benzene rings is 1. The van der Waals surface area contributed by atoms with Crippen LogP contribution in [-0.4, -0.2) is 61.1 Å². The first-order chi connectivity index (χ1) is 11.8. The number of hydrogen-bond acceptors (Lipinski definition) is 5. The number of carbonyl (C=O) groups excluding carboxylic acids is 3. The maximum absolute atomic E-state index is 12.1. The van der Waals surface area contributed by atoms with E-state index in [-0.39, 0.29) is 37.2 Å². The number of hydrogen-bond donors (Lipinski definition) is 1. The Morgan fingerprint density at radius 1 is 1.16 bits per heavy atom. The number of amides is 2. The summed E-state index contributed by atoms with van der Waals surface area (Å²) in [6.07, 6.45) is -0.0885. The zero-order valence-corrected chi connectivity index (χ0v) is 14.8. The highest BCUT2D eigenvalue weighted by Crippen LogP contribution is 2.10. The molecule has 0 unspecified atom stereocenters. The van der Waals surface area contributed by atoms with Crippen LogP contribution in [0.5, 0.6) is 0 Å². The predicted molar refractivity (Wildman–Crippen MR) is 91.1 cm³/mol. The van der Waals surface area contributed by atoms with Crippen molar-refractivity contribution in [2.75, 3.05) is 26.2 Å². The van der Waals surface area contributed by atoms with Gasteiger partial charge in [0.25, 0.3) is 11.8 Å². The number of ether oxygens (including phenoxy) is 2. The number of nitrogens with one attached hydrogen (secondary N) is 1. The number of morpholine rings is 1. The van der Waals surface area contributed by atoms with E-state index in [2.05, 4.69) is 5.32 Å². The molecule has 0 saturated carbocycles. The third-order valence-corrected chi connectivity index (χ3v) is 3.84. The summed E-state index contributed by atoms with van der Waals surface area (Å²) in [7, 11) is 0. The molecule has 0 bridgehead atoms. The SMILES string of the molecule is Cc1ccc(C(=O)NCC(=O)OCC(=O)N2C[C@H](C)O[C@@H](C)C2)cc1. The van der Waals surface area contributed by atoms with Crippen LogP contribution in [-0.2, 0) is 19.1 Å². The molecule has 7 heteroatoms. The standard InChI is InChI=1S/C18H24N2O5/c1-12-4-6-15(7-5-12)18(23)19-8-17(22)24-11-16(21)20-9-13(2)25-14(3)10-20/h4-7,13-14H,8-11H2,1-3H3,(H,19,23)/t13-,14-/m0/s1. The maximum Gasteiger partial charge on any atom is 0.325 e. The van der Waals surface area contributed by atoms with Crippen LogP contribution in [0.15, 0.2) is 24.3 Å². The van der Waals surface area contributed by atoms with Crippen molar-refractivity contribution in [2.24, 2.45) is 0 Å². The smallest absolute Gasteiger partial charge is 0.325 e. The molecule has 0 aliphatic carbocycles. The summed E-state index contributed by atoms with van der Waals surface area (Å²) in [5.41, 5.74) is 1.51. The Bertz CT molecular complexity index is 619. The topological polar surface area (TPSA) is 84.9 Å². The van der Waals surface area contributed by atoms with E-state index in [1.165, 1.54) is 0 Å². The molecule has 2 atom stereocenters. The van der Waals surface area contributed by atoms with Crippen LogP contribution in [0, 0.1) is 6.92 Å². The van der Waals surface area contributed by atoms with Crippen molar-refractivity contribution in [3.05, 3.63) is 35.4 Å². The number of carbonyl (C=O) groups is 3. The van der Waals surface area contributed by atoms with Crippen molar-refractivity contribution in [3.8, 4) is 0 Å². The van der Waals surface area contributed by atoms with Crippen LogP contribution in [0.4, 0.5) is 0 Å². The van der Waals surface area contributed by atoms with E-state index < -0.39 is 5.97 Å². The Morgan fingerprint density at radius 2 is 1.76 bits per heavy atom. The second-order valence-corrected chi connectivity index (χ2v) is 6.27. The number of esters is 1. The van der Waals surface area contributed by atoms with Gasteiger partial charge in [0.2, 0.25) is 0 Å². The highest BCUT2D eigenvalue weighted by molar-refractivity contribution is 5.96. The summed E-state index contributed by atoms with van der Waals surface area (Å²) in [4.78, 5) is 37.3. The monoisotopic (exact) mass is 348 g/mol. The zero-order chi connectivity index (χ0) is 18.4. The fourth-order valence-corrected chi connectivity index (χ4v) is 2.63. The number of nitrogens with zero attached hydrogens (tertiary/aromatic N) is 1. The van der Waals surface area contributed by atoms with Gasteiger partial charge < -0.3 is 19.7 Å². The molecule has 1 aromatic carbocycles. The van der Waals surface area contributed by atoms with Crippen LogP contribution in [0.1, 0.15) is 29.8 Å². The molecule has 1 N–H and O–H groups in total. The van der Waals surface area contributed by atoms with Gasteiger partial charge >= 0.3 is 5.97 Å². The summed E-state index contributed by atoms with van der Waals surface area (Å²) in [5.74, 6) is -1.28. The van der Waals surface area contributed by atoms with E-state index in [1.54, 1.807) is 17.0 Å². The fourth-order valence-electron chi connectivity index (χ4n) is 2.63. The minimum Gasteiger partial charge on any atom is -0.454 e. The van der Waals surface area contributed by atoms with Gasteiger partial charge in [-0.15, -0.1) is 0 Å². The van der Waals surface area contributed by atoms with E-state index in [4.69, 9.17) is 9.47 Å². The molecule has 1 aliphatic rings. The maximum atomic E-state index is 12.1. The molecule has 25 heavy (non-hydrogen) atoms. The third-order valence-electron chi connectivity index (χ3n) is 3.84. The molecule has 7 nitrogen and oxygen atoms in total. The van der Waals surface area contributed by atoms with Gasteiger partial charge in [0.05, 0.1) is 12.2 Å². The van der Waals surface area contributed by atoms with Crippen LogP contribution >= 0.6 is 0 Å². The predicted octanol–water partition coefficient (Wildman–Crippen LogP) is 0.904. The Kier molecular flexibility index (Phi) is 6.52. The molecule has 0 spiro atoms. The summed E-state index contributed by atoms with van der Waals surface area (Å²) in [6, 6.07) is 6.99. The van der Waals surface area contributed by atoms with Crippen molar-refractivity contribution >= 4 is 17.8 Å². The Balaban J connectivity index is 1.72. The van der Waals surface area contributed by atoms with Crippen molar-refractivity contribution in [3.63, 3.8) is 0 Å². The second-order valence-electron chi connectivity index (χ2n) is 6.27. The lowest BCUT2D eigenvalue weighted by Crippen LogP contribution is -2.49. The van der Waals surface area contributed by atoms with Gasteiger partial charge in [0.15, 0.2) is 6.61 Å². The van der Waals surface area contributed by atoms with Crippen molar-refractivity contribution in [1.82, 2.24) is 10.2 Å². The molecule has 136 valence electrons. The quantitative estimate of drug-likeness (QED) is 0.800. The molecule has 1 fully saturated rings. The summed E-state index contributed by atoms with van der Waals surface area (Å²) in [5, 5.41) is 2.48. The van der Waals surface area contributed by atoms with Crippen molar-refractivity contribution in [1.29, 1.82) is 0 Å². The lowest BCUT2D eigenvalue weighted by atomic mass is 10.1. The Morgan fingerprint density at radius 3 is 2.36 bits per heavy atom. The number of rotatable bonds is 5. The zero-order valence-electron chi connectivity index (χ0n) is 14.8. The van der Waals surface area contributed by atoms with Crippen LogP contribution < -0.4 is 5.32 Å². The molecule has 0 radical (unpaired) electrons. The van der Waals surface area contributed by atoms with Gasteiger partial charge in [-0.25, -0.2) is 0 Å². The molecule has 0 aromatic heterocycles. The first kappa shape index (κ1) is 18.9. The molecular weight excluding hydrogens is 324 g/mol. The second kappa shape index (κ2) is 8.62. The van der Waals surface area contributed by atoms with E-state index >= 15 is 0 Å². The minimum absolute atomic E-state index is 0.0443. The lowest BCUT2D eigenvalue weighted by Gasteiger charge is -2.35. The Hall–Kier alpha value is -2.41. The third kappa shape index (κ3) is 5.86. The average Bonchev–Trinajstić information content (AvgIpc) is 2.57. The molecule has 1 aliphatic heterocycles. The van der Waals surface area contributed by atoms with Crippen LogP contribution in [0.2, 0.25) is 0 Å². The van der Waals surface area contributed by atoms with Gasteiger partial charge in [-0.2, -0.15) is 0 Å². The van der Waals surface area contributed by atoms with E-state index in [0.717, 1.165) is 5.56 Å². The average molecular weight is 348 g/mol. The highest BCUT2D eigenvalue weighted by Gasteiger charge is 2.26.